The number of esters is 1. The molecule has 3 heterocycles. The summed E-state index contributed by atoms with van der Waals surface area (Å²) >= 11 is 0.699. The number of benzene rings is 3. The number of carbonyl (C=O) groups excluding carboxylic acids is 1. The van der Waals surface area contributed by atoms with Gasteiger partial charge in [-0.05, 0) is 54.4 Å². The number of allylic oxidation sites excluding steroid dienone is 1. The number of thiazole rings is 1. The van der Waals surface area contributed by atoms with Crippen molar-refractivity contribution in [2.75, 3.05) is 13.7 Å². The van der Waals surface area contributed by atoms with Crippen molar-refractivity contribution >= 4 is 40.1 Å². The first-order chi connectivity index (χ1) is 22.4. The molecule has 0 aliphatic carbocycles. The Kier molecular flexibility index (Phi) is 8.10. The number of methoxy groups -OCH3 is 1. The minimum absolute atomic E-state index is 0.0171. The number of carboxylic acid groups (broad SMARTS) is 1. The maximum absolute atomic E-state index is 14.7. The average Bonchev–Trinajstić information content (AvgIpc) is 3.63. The molecule has 0 saturated heterocycles. The summed E-state index contributed by atoms with van der Waals surface area (Å²) in [7, 11) is 1.35. The van der Waals surface area contributed by atoms with E-state index in [-0.39, 0.29) is 38.6 Å². The van der Waals surface area contributed by atoms with Crippen LogP contribution in [0.15, 0.2) is 92.2 Å². The van der Waals surface area contributed by atoms with Gasteiger partial charge in [0.1, 0.15) is 23.3 Å². The SMILES string of the molecule is CCOC(=O)C1=C(C(F)(F)F)N=c2s/c(=C\c3ccc(-c4cccc(C(=O)O)c4C)o3)c(=O)n2[C@@H]1c1c(OC)ccc2ccccc12. The van der Waals surface area contributed by atoms with E-state index in [0.717, 1.165) is 4.57 Å². The van der Waals surface area contributed by atoms with E-state index in [2.05, 4.69) is 4.99 Å². The molecule has 5 aromatic rings. The number of fused-ring (bicyclic) bond motifs is 2. The van der Waals surface area contributed by atoms with Crippen LogP contribution in [-0.4, -0.2) is 41.5 Å². The molecule has 0 fully saturated rings. The van der Waals surface area contributed by atoms with Gasteiger partial charge in [0.05, 0.1) is 29.4 Å². The van der Waals surface area contributed by atoms with Crippen molar-refractivity contribution in [2.45, 2.75) is 26.1 Å². The van der Waals surface area contributed by atoms with Crippen LogP contribution >= 0.6 is 11.3 Å². The number of hydrogen-bond acceptors (Lipinski definition) is 8. The van der Waals surface area contributed by atoms with Crippen LogP contribution in [0.3, 0.4) is 0 Å². The molecule has 0 radical (unpaired) electrons. The van der Waals surface area contributed by atoms with Gasteiger partial charge in [-0.3, -0.25) is 9.36 Å². The molecule has 0 spiro atoms. The Balaban J connectivity index is 1.61. The molecule has 13 heteroatoms. The summed E-state index contributed by atoms with van der Waals surface area (Å²) in [5.74, 6) is -1.71. The van der Waals surface area contributed by atoms with Crippen molar-refractivity contribution in [1.82, 2.24) is 4.57 Å². The van der Waals surface area contributed by atoms with Gasteiger partial charge in [0, 0.05) is 17.2 Å². The third-order valence-electron chi connectivity index (χ3n) is 7.75. The van der Waals surface area contributed by atoms with Gasteiger partial charge in [-0.25, -0.2) is 14.6 Å². The Morgan fingerprint density at radius 2 is 1.85 bits per heavy atom. The zero-order valence-corrected chi connectivity index (χ0v) is 25.9. The van der Waals surface area contributed by atoms with Crippen LogP contribution in [0.4, 0.5) is 13.2 Å². The van der Waals surface area contributed by atoms with Gasteiger partial charge in [-0.1, -0.05) is 53.8 Å². The number of aromatic nitrogens is 1. The third kappa shape index (κ3) is 5.52. The number of ether oxygens (including phenoxy) is 2. The van der Waals surface area contributed by atoms with E-state index < -0.39 is 41.0 Å². The molecule has 6 rings (SSSR count). The van der Waals surface area contributed by atoms with Gasteiger partial charge in [-0.15, -0.1) is 0 Å². The lowest BCUT2D eigenvalue weighted by molar-refractivity contribution is -0.140. The highest BCUT2D eigenvalue weighted by atomic mass is 32.1. The van der Waals surface area contributed by atoms with Gasteiger partial charge < -0.3 is 19.0 Å². The Labute approximate surface area is 268 Å². The fraction of sp³-hybridized carbons (Fsp3) is 0.176. The molecular formula is C34H25F3N2O7S. The minimum atomic E-state index is -5.08. The van der Waals surface area contributed by atoms with Gasteiger partial charge in [0.25, 0.3) is 5.56 Å². The largest absolute Gasteiger partial charge is 0.496 e. The number of aromatic carboxylic acids is 1. The fourth-order valence-electron chi connectivity index (χ4n) is 5.69. The predicted octanol–water partition coefficient (Wildman–Crippen LogP) is 5.77. The number of hydrogen-bond donors (Lipinski definition) is 1. The fourth-order valence-corrected chi connectivity index (χ4v) is 6.67. The van der Waals surface area contributed by atoms with E-state index in [1.165, 1.54) is 26.2 Å². The molecule has 3 aromatic carbocycles. The van der Waals surface area contributed by atoms with Crippen LogP contribution in [0.2, 0.25) is 0 Å². The summed E-state index contributed by atoms with van der Waals surface area (Å²) in [6.07, 6.45) is -3.71. The van der Waals surface area contributed by atoms with Gasteiger partial charge >= 0.3 is 18.1 Å². The summed E-state index contributed by atoms with van der Waals surface area (Å²) in [5, 5.41) is 10.6. The normalized spacial score (nSPS) is 15.0. The number of alkyl halides is 3. The number of rotatable bonds is 7. The average molecular weight is 663 g/mol. The minimum Gasteiger partial charge on any atom is -0.496 e. The van der Waals surface area contributed by atoms with E-state index in [1.807, 2.05) is 0 Å². The number of furan rings is 1. The molecule has 1 aliphatic rings. The molecule has 0 saturated carbocycles. The maximum Gasteiger partial charge on any atom is 0.434 e. The van der Waals surface area contributed by atoms with Crippen molar-refractivity contribution in [2.24, 2.45) is 4.99 Å². The number of nitrogens with zero attached hydrogens (tertiary/aromatic N) is 2. The van der Waals surface area contributed by atoms with Crippen molar-refractivity contribution in [3.8, 4) is 17.1 Å². The van der Waals surface area contributed by atoms with Crippen LogP contribution in [0.1, 0.15) is 40.2 Å². The quantitative estimate of drug-likeness (QED) is 0.220. The molecule has 240 valence electrons. The van der Waals surface area contributed by atoms with Crippen LogP contribution in [-0.2, 0) is 9.53 Å². The van der Waals surface area contributed by atoms with E-state index >= 15 is 0 Å². The summed E-state index contributed by atoms with van der Waals surface area (Å²) in [6, 6.07) is 16.4. The molecule has 9 nitrogen and oxygen atoms in total. The highest BCUT2D eigenvalue weighted by Gasteiger charge is 2.46. The van der Waals surface area contributed by atoms with E-state index in [1.54, 1.807) is 67.6 Å². The van der Waals surface area contributed by atoms with Crippen molar-refractivity contribution in [3.05, 3.63) is 120 Å². The molecular weight excluding hydrogens is 637 g/mol. The first-order valence-corrected chi connectivity index (χ1v) is 15.0. The maximum atomic E-state index is 14.7. The van der Waals surface area contributed by atoms with Crippen molar-refractivity contribution in [1.29, 1.82) is 0 Å². The first kappa shape index (κ1) is 31.5. The van der Waals surface area contributed by atoms with Gasteiger partial charge in [0.15, 0.2) is 10.5 Å². The molecule has 47 heavy (non-hydrogen) atoms. The van der Waals surface area contributed by atoms with Crippen LogP contribution < -0.4 is 19.6 Å². The standard InChI is InChI=1S/C34H25F3N2O7S/c1-4-45-32(43)27-28(26-22-9-6-5-8-18(22)12-14-24(26)44-3)39-30(40)25(47-33(39)38-29(27)34(35,36)37)16-19-13-15-23(46-19)20-10-7-11-21(17(20)2)31(41)42/h5-16,28H,4H2,1-3H3,(H,41,42)/b25-16-/t28-/m1/s1. The molecule has 1 atom stereocenters. The van der Waals surface area contributed by atoms with Gasteiger partial charge in [0.2, 0.25) is 0 Å². The number of carboxylic acids is 1. The molecule has 0 unspecified atom stereocenters. The lowest BCUT2D eigenvalue weighted by atomic mass is 9.90. The van der Waals surface area contributed by atoms with Crippen molar-refractivity contribution < 1.29 is 41.8 Å². The first-order valence-electron chi connectivity index (χ1n) is 14.2. The Morgan fingerprint density at radius 1 is 1.09 bits per heavy atom. The van der Waals surface area contributed by atoms with E-state index in [0.29, 0.717) is 39.0 Å². The topological polar surface area (TPSA) is 120 Å². The van der Waals surface area contributed by atoms with E-state index in [4.69, 9.17) is 13.9 Å². The third-order valence-corrected chi connectivity index (χ3v) is 8.73. The Bertz CT molecular complexity index is 2300. The molecule has 0 bridgehead atoms. The summed E-state index contributed by atoms with van der Waals surface area (Å²) in [5.41, 5.74) is -1.81. The second kappa shape index (κ2) is 12.1. The lowest BCUT2D eigenvalue weighted by Gasteiger charge is -2.28. The van der Waals surface area contributed by atoms with Crippen molar-refractivity contribution in [3.63, 3.8) is 0 Å². The smallest absolute Gasteiger partial charge is 0.434 e. The summed E-state index contributed by atoms with van der Waals surface area (Å²) < 4.78 is 61.7. The van der Waals surface area contributed by atoms with Crippen LogP contribution in [0, 0.1) is 6.92 Å². The number of carbonyl (C=O) groups is 2. The molecule has 2 aromatic heterocycles. The summed E-state index contributed by atoms with van der Waals surface area (Å²) in [6.45, 7) is 2.89. The monoisotopic (exact) mass is 662 g/mol. The predicted molar refractivity (Wildman–Crippen MR) is 167 cm³/mol. The zero-order chi connectivity index (χ0) is 33.6. The number of halogens is 3. The molecule has 0 amide bonds. The van der Waals surface area contributed by atoms with E-state index in [9.17, 15) is 32.7 Å². The lowest BCUT2D eigenvalue weighted by Crippen LogP contribution is -2.41. The second-order valence-corrected chi connectivity index (χ2v) is 11.5. The molecule has 1 N–H and O–H groups in total. The van der Waals surface area contributed by atoms with Gasteiger partial charge in [-0.2, -0.15) is 13.2 Å². The highest BCUT2D eigenvalue weighted by Crippen LogP contribution is 2.43. The molecule has 1 aliphatic heterocycles. The van der Waals surface area contributed by atoms with Crippen LogP contribution in [0.25, 0.3) is 28.2 Å². The Hall–Kier alpha value is -5.43. The highest BCUT2D eigenvalue weighted by molar-refractivity contribution is 7.07. The zero-order valence-electron chi connectivity index (χ0n) is 25.0. The van der Waals surface area contributed by atoms with Crippen LogP contribution in [0.5, 0.6) is 5.75 Å². The second-order valence-electron chi connectivity index (χ2n) is 10.5. The summed E-state index contributed by atoms with van der Waals surface area (Å²) in [4.78, 5) is 42.7. The Morgan fingerprint density at radius 3 is 2.55 bits per heavy atom.